The monoisotopic (exact) mass is 528 g/mol. The van der Waals surface area contributed by atoms with Gasteiger partial charge in [-0.2, -0.15) is 0 Å². The van der Waals surface area contributed by atoms with Crippen molar-refractivity contribution in [3.8, 4) is 28.3 Å². The van der Waals surface area contributed by atoms with E-state index in [0.717, 1.165) is 42.4 Å². The molecule has 0 aliphatic carbocycles. The Hall–Kier alpha value is -3.01. The predicted molar refractivity (Wildman–Crippen MR) is 163 cm³/mol. The van der Waals surface area contributed by atoms with Gasteiger partial charge in [0.2, 0.25) is 0 Å². The molecule has 0 radical (unpaired) electrons. The number of nitrogens with zero attached hydrogens (tertiary/aromatic N) is 2. The largest absolute Gasteiger partial charge is 0.426 e. The molecule has 0 N–H and O–H groups in total. The Bertz CT molecular complexity index is 1090. The van der Waals surface area contributed by atoms with Crippen molar-refractivity contribution in [1.82, 2.24) is 9.97 Å². The van der Waals surface area contributed by atoms with Gasteiger partial charge in [0.05, 0.1) is 5.92 Å². The van der Waals surface area contributed by atoms with Crippen molar-refractivity contribution in [2.45, 2.75) is 105 Å². The van der Waals surface area contributed by atoms with Crippen molar-refractivity contribution in [3.63, 3.8) is 0 Å². The molecule has 39 heavy (non-hydrogen) atoms. The minimum atomic E-state index is -0.170. The van der Waals surface area contributed by atoms with Crippen molar-refractivity contribution >= 4 is 5.97 Å². The smallest absolute Gasteiger partial charge is 0.314 e. The molecule has 0 unspecified atom stereocenters. The van der Waals surface area contributed by atoms with E-state index in [4.69, 9.17) is 4.74 Å². The van der Waals surface area contributed by atoms with Crippen LogP contribution in [-0.4, -0.2) is 15.9 Å². The highest BCUT2D eigenvalue weighted by molar-refractivity contribution is 5.75. The molecular formula is C35H48N2O2. The highest BCUT2D eigenvalue weighted by Crippen LogP contribution is 2.24. The minimum absolute atomic E-state index is 0.0986. The number of ether oxygens (including phenoxy) is 1. The van der Waals surface area contributed by atoms with E-state index in [0.29, 0.717) is 17.5 Å². The van der Waals surface area contributed by atoms with E-state index in [1.165, 1.54) is 56.9 Å². The number of rotatable bonds is 17. The molecule has 0 spiro atoms. The number of esters is 1. The quantitative estimate of drug-likeness (QED) is 0.0993. The summed E-state index contributed by atoms with van der Waals surface area (Å²) in [5, 5.41) is 0. The number of hydrogen-bond acceptors (Lipinski definition) is 4. The summed E-state index contributed by atoms with van der Waals surface area (Å²) in [4.78, 5) is 21.6. The second-order valence-electron chi connectivity index (χ2n) is 11.4. The summed E-state index contributed by atoms with van der Waals surface area (Å²) in [6.45, 7) is 8.62. The number of carbonyl (C=O) groups is 1. The third-order valence-corrected chi connectivity index (χ3v) is 7.41. The number of carbonyl (C=O) groups excluding carboxylic acids is 1. The third kappa shape index (κ3) is 10.9. The summed E-state index contributed by atoms with van der Waals surface area (Å²) >= 11 is 0. The first-order valence-corrected chi connectivity index (χ1v) is 15.2. The SMILES string of the molecule is CCCCCCCCCCc1ccc(-c2cnc(-c3ccc(OC(=O)[C@@H](C)CCCC(C)C)cc3)nc2)cc1. The maximum Gasteiger partial charge on any atom is 0.314 e. The van der Waals surface area contributed by atoms with E-state index in [1.54, 1.807) is 0 Å². The normalized spacial score (nSPS) is 12.0. The number of aryl methyl sites for hydroxylation is 1. The molecule has 0 bridgehead atoms. The van der Waals surface area contributed by atoms with Crippen molar-refractivity contribution in [1.29, 1.82) is 0 Å². The van der Waals surface area contributed by atoms with Gasteiger partial charge in [0.25, 0.3) is 0 Å². The van der Waals surface area contributed by atoms with Crippen LogP contribution in [0.3, 0.4) is 0 Å². The molecule has 0 amide bonds. The summed E-state index contributed by atoms with van der Waals surface area (Å²) in [6, 6.07) is 16.2. The molecule has 3 rings (SSSR count). The predicted octanol–water partition coefficient (Wildman–Crippen LogP) is 9.86. The Morgan fingerprint density at radius 2 is 1.28 bits per heavy atom. The van der Waals surface area contributed by atoms with Crippen LogP contribution in [0.2, 0.25) is 0 Å². The number of aromatic nitrogens is 2. The molecule has 2 aromatic carbocycles. The summed E-state index contributed by atoms with van der Waals surface area (Å²) < 4.78 is 5.59. The van der Waals surface area contributed by atoms with Gasteiger partial charge in [-0.25, -0.2) is 9.97 Å². The van der Waals surface area contributed by atoms with Gasteiger partial charge in [0.15, 0.2) is 5.82 Å². The molecule has 3 aromatic rings. The van der Waals surface area contributed by atoms with Gasteiger partial charge in [-0.1, -0.05) is 110 Å². The Morgan fingerprint density at radius 1 is 0.692 bits per heavy atom. The second kappa shape index (κ2) is 16.8. The van der Waals surface area contributed by atoms with Crippen molar-refractivity contribution in [2.24, 2.45) is 11.8 Å². The van der Waals surface area contributed by atoms with Crippen LogP contribution in [0.5, 0.6) is 5.75 Å². The molecule has 4 heteroatoms. The van der Waals surface area contributed by atoms with Crippen LogP contribution in [0, 0.1) is 11.8 Å². The van der Waals surface area contributed by atoms with Crippen molar-refractivity contribution in [2.75, 3.05) is 0 Å². The Kier molecular flexibility index (Phi) is 13.2. The Balaban J connectivity index is 1.45. The van der Waals surface area contributed by atoms with E-state index in [1.807, 2.05) is 43.6 Å². The molecule has 0 aliphatic rings. The van der Waals surface area contributed by atoms with E-state index >= 15 is 0 Å². The number of unbranched alkanes of at least 4 members (excludes halogenated alkanes) is 7. The fourth-order valence-electron chi connectivity index (χ4n) is 4.79. The molecule has 0 aliphatic heterocycles. The molecule has 1 atom stereocenters. The van der Waals surface area contributed by atoms with Gasteiger partial charge in [0, 0.05) is 23.5 Å². The summed E-state index contributed by atoms with van der Waals surface area (Å²) in [5.41, 5.74) is 4.43. The molecule has 210 valence electrons. The first-order chi connectivity index (χ1) is 19.0. The molecule has 4 nitrogen and oxygen atoms in total. The van der Waals surface area contributed by atoms with E-state index in [2.05, 4.69) is 55.0 Å². The topological polar surface area (TPSA) is 52.1 Å². The maximum atomic E-state index is 12.4. The van der Waals surface area contributed by atoms with Crippen LogP contribution in [-0.2, 0) is 11.2 Å². The number of benzene rings is 2. The van der Waals surface area contributed by atoms with Crippen LogP contribution in [0.15, 0.2) is 60.9 Å². The average Bonchev–Trinajstić information content (AvgIpc) is 2.95. The average molecular weight is 529 g/mol. The molecule has 0 fully saturated rings. The van der Waals surface area contributed by atoms with Crippen LogP contribution in [0.4, 0.5) is 0 Å². The lowest BCUT2D eigenvalue weighted by molar-refractivity contribution is -0.138. The molecular weight excluding hydrogens is 480 g/mol. The minimum Gasteiger partial charge on any atom is -0.426 e. The van der Waals surface area contributed by atoms with Gasteiger partial charge >= 0.3 is 5.97 Å². The first kappa shape index (κ1) is 30.5. The first-order valence-electron chi connectivity index (χ1n) is 15.2. The van der Waals surface area contributed by atoms with Crippen LogP contribution in [0.25, 0.3) is 22.5 Å². The zero-order valence-electron chi connectivity index (χ0n) is 24.6. The van der Waals surface area contributed by atoms with E-state index in [9.17, 15) is 4.79 Å². The lowest BCUT2D eigenvalue weighted by Gasteiger charge is -2.12. The third-order valence-electron chi connectivity index (χ3n) is 7.41. The Labute approximate surface area is 236 Å². The lowest BCUT2D eigenvalue weighted by atomic mass is 10.00. The zero-order chi connectivity index (χ0) is 27.9. The molecule has 1 heterocycles. The highest BCUT2D eigenvalue weighted by Gasteiger charge is 2.15. The van der Waals surface area contributed by atoms with Gasteiger partial charge in [0.1, 0.15) is 5.75 Å². The summed E-state index contributed by atoms with van der Waals surface area (Å²) in [7, 11) is 0. The fourth-order valence-corrected chi connectivity index (χ4v) is 4.79. The second-order valence-corrected chi connectivity index (χ2v) is 11.4. The van der Waals surface area contributed by atoms with E-state index in [-0.39, 0.29) is 11.9 Å². The van der Waals surface area contributed by atoms with Gasteiger partial charge in [-0.05, 0) is 60.6 Å². The standard InChI is InChI=1S/C35H48N2O2/c1-5-6-7-8-9-10-11-12-16-29-17-19-30(20-18-29)32-25-36-34(37-26-32)31-21-23-33(24-22-31)39-35(38)28(4)15-13-14-27(2)3/h17-28H,5-16H2,1-4H3/t28-/m0/s1. The summed E-state index contributed by atoms with van der Waals surface area (Å²) in [5.74, 6) is 1.61. The van der Waals surface area contributed by atoms with Gasteiger partial charge < -0.3 is 4.74 Å². The fraction of sp³-hybridized carbons (Fsp3) is 0.514. The lowest BCUT2D eigenvalue weighted by Crippen LogP contribution is -2.17. The summed E-state index contributed by atoms with van der Waals surface area (Å²) in [6.07, 6.45) is 18.7. The zero-order valence-corrected chi connectivity index (χ0v) is 24.6. The van der Waals surface area contributed by atoms with E-state index < -0.39 is 0 Å². The van der Waals surface area contributed by atoms with Gasteiger partial charge in [-0.15, -0.1) is 0 Å². The molecule has 0 saturated heterocycles. The molecule has 1 aromatic heterocycles. The van der Waals surface area contributed by atoms with Crippen LogP contribution in [0.1, 0.15) is 104 Å². The van der Waals surface area contributed by atoms with Crippen molar-refractivity contribution in [3.05, 3.63) is 66.5 Å². The van der Waals surface area contributed by atoms with Crippen molar-refractivity contribution < 1.29 is 9.53 Å². The number of hydrogen-bond donors (Lipinski definition) is 0. The molecule has 0 saturated carbocycles. The Morgan fingerprint density at radius 3 is 1.90 bits per heavy atom. The van der Waals surface area contributed by atoms with Crippen LogP contribution >= 0.6 is 0 Å². The van der Waals surface area contributed by atoms with Crippen LogP contribution < -0.4 is 4.74 Å². The maximum absolute atomic E-state index is 12.4. The highest BCUT2D eigenvalue weighted by atomic mass is 16.5. The van der Waals surface area contributed by atoms with Gasteiger partial charge in [-0.3, -0.25) is 4.79 Å².